The Kier molecular flexibility index (Phi) is 3.64. The molecular weight excluding hydrogens is 236 g/mol. The maximum atomic E-state index is 10.6. The van der Waals surface area contributed by atoms with Crippen molar-refractivity contribution in [3.63, 3.8) is 0 Å². The number of carboxylic acids is 1. The van der Waals surface area contributed by atoms with Gasteiger partial charge >= 0.3 is 5.97 Å². The van der Waals surface area contributed by atoms with Gasteiger partial charge in [-0.05, 0) is 24.3 Å². The second-order valence-electron chi connectivity index (χ2n) is 3.65. The Balaban J connectivity index is 1.95. The monoisotopic (exact) mass is 248 g/mol. The standard InChI is InChI=1S/C13H12O5/c14-10(8-17-9-4-2-1-3-5-9)11-6-7-12(18-11)13(15)16/h1-7,10,14H,8H2,(H,15,16). The molecule has 1 heterocycles. The zero-order valence-corrected chi connectivity index (χ0v) is 9.45. The number of ether oxygens (including phenoxy) is 1. The van der Waals surface area contributed by atoms with Crippen molar-refractivity contribution in [3.05, 3.63) is 54.0 Å². The van der Waals surface area contributed by atoms with Crippen LogP contribution in [0.3, 0.4) is 0 Å². The fourth-order valence-electron chi connectivity index (χ4n) is 1.42. The van der Waals surface area contributed by atoms with Crippen LogP contribution in [0.25, 0.3) is 0 Å². The Morgan fingerprint density at radius 1 is 1.22 bits per heavy atom. The Bertz CT molecular complexity index is 517. The van der Waals surface area contributed by atoms with E-state index in [0.717, 1.165) is 0 Å². The summed E-state index contributed by atoms with van der Waals surface area (Å²) in [4.78, 5) is 10.6. The Hall–Kier alpha value is -2.27. The zero-order valence-electron chi connectivity index (χ0n) is 9.45. The van der Waals surface area contributed by atoms with Crippen molar-refractivity contribution >= 4 is 5.97 Å². The molecule has 0 aliphatic carbocycles. The first-order valence-electron chi connectivity index (χ1n) is 5.36. The van der Waals surface area contributed by atoms with Crippen molar-refractivity contribution in [1.82, 2.24) is 0 Å². The molecule has 0 saturated carbocycles. The summed E-state index contributed by atoms with van der Waals surface area (Å²) in [7, 11) is 0. The van der Waals surface area contributed by atoms with Gasteiger partial charge in [-0.25, -0.2) is 4.79 Å². The molecule has 0 aliphatic rings. The summed E-state index contributed by atoms with van der Waals surface area (Å²) in [5.41, 5.74) is 0. The van der Waals surface area contributed by atoms with E-state index in [9.17, 15) is 9.90 Å². The number of hydrogen-bond acceptors (Lipinski definition) is 4. The van der Waals surface area contributed by atoms with Crippen LogP contribution >= 0.6 is 0 Å². The molecule has 1 atom stereocenters. The fourth-order valence-corrected chi connectivity index (χ4v) is 1.42. The van der Waals surface area contributed by atoms with E-state index in [1.807, 2.05) is 18.2 Å². The number of carbonyl (C=O) groups is 1. The summed E-state index contributed by atoms with van der Waals surface area (Å²) in [6.45, 7) is -0.00339. The SMILES string of the molecule is O=C(O)c1ccc(C(O)COc2ccccc2)o1. The van der Waals surface area contributed by atoms with E-state index in [2.05, 4.69) is 0 Å². The lowest BCUT2D eigenvalue weighted by molar-refractivity contribution is 0.0630. The third kappa shape index (κ3) is 2.89. The van der Waals surface area contributed by atoms with E-state index in [1.54, 1.807) is 12.1 Å². The number of aliphatic hydroxyl groups is 1. The van der Waals surface area contributed by atoms with Crippen LogP contribution in [0.15, 0.2) is 46.9 Å². The van der Waals surface area contributed by atoms with Gasteiger partial charge in [-0.15, -0.1) is 0 Å². The Labute approximate surface area is 103 Å². The summed E-state index contributed by atoms with van der Waals surface area (Å²) in [5.74, 6) is -0.578. The largest absolute Gasteiger partial charge is 0.490 e. The van der Waals surface area contributed by atoms with Gasteiger partial charge in [0, 0.05) is 0 Å². The quantitative estimate of drug-likeness (QED) is 0.846. The number of furan rings is 1. The summed E-state index contributed by atoms with van der Waals surface area (Å²) < 4.78 is 10.3. The van der Waals surface area contributed by atoms with Gasteiger partial charge in [0.25, 0.3) is 0 Å². The lowest BCUT2D eigenvalue weighted by Gasteiger charge is -2.09. The number of carboxylic acid groups (broad SMARTS) is 1. The van der Waals surface area contributed by atoms with E-state index < -0.39 is 12.1 Å². The minimum Gasteiger partial charge on any atom is -0.490 e. The maximum Gasteiger partial charge on any atom is 0.371 e. The van der Waals surface area contributed by atoms with Crippen molar-refractivity contribution in [3.8, 4) is 5.75 Å². The molecule has 0 bridgehead atoms. The lowest BCUT2D eigenvalue weighted by atomic mass is 10.3. The molecule has 0 saturated heterocycles. The highest BCUT2D eigenvalue weighted by molar-refractivity contribution is 5.84. The molecule has 94 valence electrons. The first-order valence-corrected chi connectivity index (χ1v) is 5.36. The number of benzene rings is 1. The minimum absolute atomic E-state index is 0.00339. The first-order chi connectivity index (χ1) is 8.66. The summed E-state index contributed by atoms with van der Waals surface area (Å²) in [6, 6.07) is 11.7. The first kappa shape index (κ1) is 12.2. The average molecular weight is 248 g/mol. The van der Waals surface area contributed by atoms with Gasteiger partial charge in [0.15, 0.2) is 0 Å². The molecule has 0 spiro atoms. The smallest absolute Gasteiger partial charge is 0.371 e. The fraction of sp³-hybridized carbons (Fsp3) is 0.154. The molecule has 5 heteroatoms. The van der Waals surface area contributed by atoms with Crippen LogP contribution in [-0.2, 0) is 0 Å². The molecule has 0 amide bonds. The topological polar surface area (TPSA) is 79.9 Å². The van der Waals surface area contributed by atoms with Crippen LogP contribution in [0.4, 0.5) is 0 Å². The highest BCUT2D eigenvalue weighted by atomic mass is 16.5. The third-order valence-corrected chi connectivity index (χ3v) is 2.32. The second kappa shape index (κ2) is 5.37. The number of hydrogen-bond donors (Lipinski definition) is 2. The molecule has 2 aromatic rings. The van der Waals surface area contributed by atoms with E-state index in [4.69, 9.17) is 14.3 Å². The van der Waals surface area contributed by atoms with Gasteiger partial charge in [0.05, 0.1) is 0 Å². The normalized spacial score (nSPS) is 12.1. The molecule has 0 fully saturated rings. The second-order valence-corrected chi connectivity index (χ2v) is 3.65. The average Bonchev–Trinajstić information content (AvgIpc) is 2.87. The number of aromatic carboxylic acids is 1. The van der Waals surface area contributed by atoms with Crippen molar-refractivity contribution in [1.29, 1.82) is 0 Å². The van der Waals surface area contributed by atoms with Crippen molar-refractivity contribution in [2.24, 2.45) is 0 Å². The van der Waals surface area contributed by atoms with Crippen molar-refractivity contribution < 1.29 is 24.2 Å². The molecule has 2 N–H and O–H groups in total. The van der Waals surface area contributed by atoms with Gasteiger partial charge in [-0.3, -0.25) is 0 Å². The summed E-state index contributed by atoms with van der Waals surface area (Å²) in [5, 5.41) is 18.4. The van der Waals surface area contributed by atoms with Gasteiger partial charge < -0.3 is 19.4 Å². The number of rotatable bonds is 5. The molecule has 0 aliphatic heterocycles. The lowest BCUT2D eigenvalue weighted by Crippen LogP contribution is -2.08. The minimum atomic E-state index is -1.17. The predicted octanol–water partition coefficient (Wildman–Crippen LogP) is 2.09. The molecule has 2 rings (SSSR count). The van der Waals surface area contributed by atoms with E-state index >= 15 is 0 Å². The van der Waals surface area contributed by atoms with Gasteiger partial charge in [-0.1, -0.05) is 18.2 Å². The maximum absolute atomic E-state index is 10.6. The van der Waals surface area contributed by atoms with Crippen LogP contribution in [0, 0.1) is 0 Å². The van der Waals surface area contributed by atoms with Crippen LogP contribution in [0.2, 0.25) is 0 Å². The zero-order chi connectivity index (χ0) is 13.0. The summed E-state index contributed by atoms with van der Waals surface area (Å²) >= 11 is 0. The molecule has 1 aromatic heterocycles. The van der Waals surface area contributed by atoms with Crippen LogP contribution < -0.4 is 4.74 Å². The molecule has 5 nitrogen and oxygen atoms in total. The Morgan fingerprint density at radius 2 is 1.94 bits per heavy atom. The van der Waals surface area contributed by atoms with Crippen LogP contribution in [0.1, 0.15) is 22.4 Å². The Morgan fingerprint density at radius 3 is 2.56 bits per heavy atom. The molecule has 0 radical (unpaired) electrons. The highest BCUT2D eigenvalue weighted by Crippen LogP contribution is 2.18. The van der Waals surface area contributed by atoms with Crippen molar-refractivity contribution in [2.45, 2.75) is 6.10 Å². The van der Waals surface area contributed by atoms with E-state index in [1.165, 1.54) is 12.1 Å². The predicted molar refractivity (Wildman–Crippen MR) is 62.6 cm³/mol. The number of aliphatic hydroxyl groups excluding tert-OH is 1. The van der Waals surface area contributed by atoms with E-state index in [0.29, 0.717) is 5.75 Å². The van der Waals surface area contributed by atoms with Gasteiger partial charge in [0.1, 0.15) is 24.2 Å². The third-order valence-electron chi connectivity index (χ3n) is 2.32. The van der Waals surface area contributed by atoms with Crippen LogP contribution in [0.5, 0.6) is 5.75 Å². The van der Waals surface area contributed by atoms with Gasteiger partial charge in [0.2, 0.25) is 5.76 Å². The molecular formula is C13H12O5. The van der Waals surface area contributed by atoms with E-state index in [-0.39, 0.29) is 18.1 Å². The van der Waals surface area contributed by atoms with Gasteiger partial charge in [-0.2, -0.15) is 0 Å². The van der Waals surface area contributed by atoms with Crippen molar-refractivity contribution in [2.75, 3.05) is 6.61 Å². The molecule has 1 aromatic carbocycles. The summed E-state index contributed by atoms with van der Waals surface area (Å²) in [6.07, 6.45) is -1.00. The van der Waals surface area contributed by atoms with Crippen LogP contribution in [-0.4, -0.2) is 22.8 Å². The highest BCUT2D eigenvalue weighted by Gasteiger charge is 2.16. The molecule has 18 heavy (non-hydrogen) atoms. The molecule has 1 unspecified atom stereocenters. The number of para-hydroxylation sites is 1.